The lowest BCUT2D eigenvalue weighted by molar-refractivity contribution is 0.692. The monoisotopic (exact) mass is 271 g/mol. The van der Waals surface area contributed by atoms with Gasteiger partial charge in [0.15, 0.2) is 0 Å². The molecule has 0 aliphatic carbocycles. The van der Waals surface area contributed by atoms with Crippen LogP contribution in [-0.4, -0.2) is 21.5 Å². The highest BCUT2D eigenvalue weighted by molar-refractivity contribution is 7.99. The summed E-state index contributed by atoms with van der Waals surface area (Å²) in [5.74, 6) is 0.445. The van der Waals surface area contributed by atoms with Crippen molar-refractivity contribution in [1.82, 2.24) is 0 Å². The van der Waals surface area contributed by atoms with E-state index in [-0.39, 0.29) is 0 Å². The molecular formula is C9H12Cl3NS. The molecule has 1 nitrogen and oxygen atoms in total. The van der Waals surface area contributed by atoms with Crippen LogP contribution in [0.3, 0.4) is 0 Å². The molecule has 1 rings (SSSR count). The molecular weight excluding hydrogens is 261 g/mol. The summed E-state index contributed by atoms with van der Waals surface area (Å²) in [4.78, 5) is 4.18. The molecule has 14 heavy (non-hydrogen) atoms. The maximum atomic E-state index is 5.72. The normalized spacial score (nSPS) is 24.6. The van der Waals surface area contributed by atoms with Crippen molar-refractivity contribution in [2.45, 2.75) is 22.4 Å². The van der Waals surface area contributed by atoms with Crippen LogP contribution in [0.1, 0.15) is 13.3 Å². The van der Waals surface area contributed by atoms with Crippen LogP contribution in [0.25, 0.3) is 0 Å². The van der Waals surface area contributed by atoms with Crippen LogP contribution in [0.5, 0.6) is 0 Å². The number of halogens is 3. The first-order chi connectivity index (χ1) is 6.45. The molecule has 0 aromatic carbocycles. The average molecular weight is 273 g/mol. The summed E-state index contributed by atoms with van der Waals surface area (Å²) in [5, 5.41) is 0.548. The number of alkyl halides is 3. The molecule has 0 saturated carbocycles. The van der Waals surface area contributed by atoms with Crippen LogP contribution in [0.15, 0.2) is 16.8 Å². The molecule has 80 valence electrons. The molecule has 2 atom stereocenters. The standard InChI is InChI=1S/C9H12Cl3NS/c1-6(14-2)7-3-4-8(13-5-7)9(10,11)12/h4-7H,3H2,1-2H3. The SMILES string of the molecule is CSC(C)C1C=NC(C(Cl)(Cl)Cl)=CC1. The molecule has 0 spiro atoms. The number of aliphatic imine (C=N–C) groups is 1. The third-order valence-electron chi connectivity index (χ3n) is 2.25. The molecule has 2 unspecified atom stereocenters. The van der Waals surface area contributed by atoms with Crippen LogP contribution in [0.4, 0.5) is 0 Å². The van der Waals surface area contributed by atoms with Gasteiger partial charge in [0.1, 0.15) is 0 Å². The van der Waals surface area contributed by atoms with E-state index in [9.17, 15) is 0 Å². The van der Waals surface area contributed by atoms with E-state index in [2.05, 4.69) is 18.2 Å². The average Bonchev–Trinajstić information content (AvgIpc) is 2.15. The van der Waals surface area contributed by atoms with Crippen LogP contribution in [-0.2, 0) is 0 Å². The lowest BCUT2D eigenvalue weighted by atomic mass is 10.0. The van der Waals surface area contributed by atoms with E-state index in [0.29, 0.717) is 16.9 Å². The fourth-order valence-electron chi connectivity index (χ4n) is 1.21. The molecule has 5 heteroatoms. The molecule has 0 amide bonds. The van der Waals surface area contributed by atoms with E-state index in [1.807, 2.05) is 24.1 Å². The summed E-state index contributed by atoms with van der Waals surface area (Å²) in [7, 11) is 0. The predicted octanol–water partition coefficient (Wildman–Crippen LogP) is 4.08. The quantitative estimate of drug-likeness (QED) is 0.690. The minimum atomic E-state index is -1.38. The highest BCUT2D eigenvalue weighted by atomic mass is 35.6. The van der Waals surface area contributed by atoms with Gasteiger partial charge >= 0.3 is 0 Å². The zero-order chi connectivity index (χ0) is 10.8. The Hall–Kier alpha value is 0.630. The van der Waals surface area contributed by atoms with Gasteiger partial charge in [0.2, 0.25) is 3.79 Å². The van der Waals surface area contributed by atoms with Gasteiger partial charge in [-0.1, -0.05) is 47.8 Å². The minimum absolute atomic E-state index is 0.445. The van der Waals surface area contributed by atoms with Gasteiger partial charge < -0.3 is 0 Å². The summed E-state index contributed by atoms with van der Waals surface area (Å²) < 4.78 is -1.38. The van der Waals surface area contributed by atoms with E-state index in [4.69, 9.17) is 34.8 Å². The second-order valence-corrected chi connectivity index (χ2v) is 6.70. The van der Waals surface area contributed by atoms with Crippen molar-refractivity contribution < 1.29 is 0 Å². The Kier molecular flexibility index (Phi) is 4.63. The predicted molar refractivity (Wildman–Crippen MR) is 67.9 cm³/mol. The molecule has 0 aromatic heterocycles. The van der Waals surface area contributed by atoms with Crippen molar-refractivity contribution in [3.05, 3.63) is 11.8 Å². The molecule has 0 saturated heterocycles. The Balaban J connectivity index is 2.62. The summed E-state index contributed by atoms with van der Waals surface area (Å²) in [6.07, 6.45) is 6.78. The minimum Gasteiger partial charge on any atom is -0.261 e. The van der Waals surface area contributed by atoms with E-state index >= 15 is 0 Å². The highest BCUT2D eigenvalue weighted by Crippen LogP contribution is 2.37. The Morgan fingerprint density at radius 1 is 1.57 bits per heavy atom. The van der Waals surface area contributed by atoms with Crippen LogP contribution in [0.2, 0.25) is 0 Å². The van der Waals surface area contributed by atoms with E-state index in [1.165, 1.54) is 0 Å². The number of hydrogen-bond acceptors (Lipinski definition) is 2. The second kappa shape index (κ2) is 5.11. The number of nitrogens with zero attached hydrogens (tertiary/aromatic N) is 1. The van der Waals surface area contributed by atoms with Crippen molar-refractivity contribution >= 4 is 52.8 Å². The van der Waals surface area contributed by atoms with Crippen molar-refractivity contribution in [2.24, 2.45) is 10.9 Å². The summed E-state index contributed by atoms with van der Waals surface area (Å²) >= 11 is 19.0. The Morgan fingerprint density at radius 2 is 2.21 bits per heavy atom. The number of thioether (sulfide) groups is 1. The van der Waals surface area contributed by atoms with Gasteiger partial charge in [-0.2, -0.15) is 11.8 Å². The van der Waals surface area contributed by atoms with Crippen molar-refractivity contribution in [2.75, 3.05) is 6.26 Å². The summed E-state index contributed by atoms with van der Waals surface area (Å²) in [5.41, 5.74) is 0.534. The largest absolute Gasteiger partial charge is 0.261 e. The molecule has 1 aliphatic heterocycles. The molecule has 0 bridgehead atoms. The topological polar surface area (TPSA) is 12.4 Å². The smallest absolute Gasteiger partial charge is 0.232 e. The van der Waals surface area contributed by atoms with Gasteiger partial charge in [0, 0.05) is 17.4 Å². The second-order valence-electron chi connectivity index (χ2n) is 3.21. The van der Waals surface area contributed by atoms with E-state index in [1.54, 1.807) is 0 Å². The Morgan fingerprint density at radius 3 is 2.57 bits per heavy atom. The van der Waals surface area contributed by atoms with Gasteiger partial charge in [-0.25, -0.2) is 0 Å². The molecule has 0 N–H and O–H groups in total. The maximum absolute atomic E-state index is 5.72. The highest BCUT2D eigenvalue weighted by Gasteiger charge is 2.28. The lowest BCUT2D eigenvalue weighted by Crippen LogP contribution is -2.19. The number of allylic oxidation sites excluding steroid dienone is 2. The summed E-state index contributed by atoms with van der Waals surface area (Å²) in [6, 6.07) is 0. The Bertz CT molecular complexity index is 257. The van der Waals surface area contributed by atoms with Gasteiger partial charge in [-0.3, -0.25) is 4.99 Å². The first-order valence-electron chi connectivity index (χ1n) is 4.29. The zero-order valence-electron chi connectivity index (χ0n) is 8.01. The zero-order valence-corrected chi connectivity index (χ0v) is 11.1. The van der Waals surface area contributed by atoms with Crippen LogP contribution < -0.4 is 0 Å². The molecule has 0 radical (unpaired) electrons. The maximum Gasteiger partial charge on any atom is 0.232 e. The number of hydrogen-bond donors (Lipinski definition) is 0. The Labute approximate surface area is 104 Å². The molecule has 0 fully saturated rings. The third kappa shape index (κ3) is 3.34. The fraction of sp³-hybridized carbons (Fsp3) is 0.667. The first kappa shape index (κ1) is 12.7. The summed E-state index contributed by atoms with van der Waals surface area (Å²) in [6.45, 7) is 2.18. The third-order valence-corrected chi connectivity index (χ3v) is 3.93. The lowest BCUT2D eigenvalue weighted by Gasteiger charge is -2.22. The molecule has 1 aliphatic rings. The molecule has 1 heterocycles. The fourth-order valence-corrected chi connectivity index (χ4v) is 2.12. The van der Waals surface area contributed by atoms with Gasteiger partial charge in [-0.15, -0.1) is 0 Å². The van der Waals surface area contributed by atoms with Crippen molar-refractivity contribution in [3.8, 4) is 0 Å². The van der Waals surface area contributed by atoms with Crippen LogP contribution in [0, 0.1) is 5.92 Å². The van der Waals surface area contributed by atoms with Crippen molar-refractivity contribution in [1.29, 1.82) is 0 Å². The van der Waals surface area contributed by atoms with Gasteiger partial charge in [0.25, 0.3) is 0 Å². The van der Waals surface area contributed by atoms with Gasteiger partial charge in [0.05, 0.1) is 5.70 Å². The van der Waals surface area contributed by atoms with E-state index in [0.717, 1.165) is 6.42 Å². The first-order valence-corrected chi connectivity index (χ1v) is 6.71. The van der Waals surface area contributed by atoms with Gasteiger partial charge in [-0.05, 0) is 12.7 Å². The van der Waals surface area contributed by atoms with Crippen molar-refractivity contribution in [3.63, 3.8) is 0 Å². The number of rotatable bonds is 2. The molecule has 0 aromatic rings. The van der Waals surface area contributed by atoms with Crippen LogP contribution >= 0.6 is 46.6 Å². The van der Waals surface area contributed by atoms with E-state index < -0.39 is 3.79 Å².